The zero-order chi connectivity index (χ0) is 17.1. The van der Waals surface area contributed by atoms with Crippen molar-refractivity contribution in [2.45, 2.75) is 31.7 Å². The van der Waals surface area contributed by atoms with Crippen molar-refractivity contribution in [1.29, 1.82) is 0 Å². The van der Waals surface area contributed by atoms with Crippen molar-refractivity contribution < 1.29 is 4.79 Å². The summed E-state index contributed by atoms with van der Waals surface area (Å²) in [5.74, 6) is 1.51. The van der Waals surface area contributed by atoms with Crippen molar-refractivity contribution in [3.8, 4) is 0 Å². The third-order valence-electron chi connectivity index (χ3n) is 4.75. The van der Waals surface area contributed by atoms with Gasteiger partial charge in [0, 0.05) is 13.0 Å². The smallest absolute Gasteiger partial charge is 0.237 e. The molecule has 0 bridgehead atoms. The van der Waals surface area contributed by atoms with E-state index >= 15 is 0 Å². The minimum absolute atomic E-state index is 0.0225. The first-order chi connectivity index (χ1) is 12.3. The van der Waals surface area contributed by atoms with E-state index in [-0.39, 0.29) is 11.8 Å². The van der Waals surface area contributed by atoms with Gasteiger partial charge < -0.3 is 9.88 Å². The van der Waals surface area contributed by atoms with Gasteiger partial charge in [-0.15, -0.1) is 0 Å². The summed E-state index contributed by atoms with van der Waals surface area (Å²) in [6, 6.07) is 19.8. The maximum atomic E-state index is 13.1. The van der Waals surface area contributed by atoms with Crippen molar-refractivity contribution in [2.75, 3.05) is 5.32 Å². The maximum Gasteiger partial charge on any atom is 0.237 e. The maximum absolute atomic E-state index is 13.1. The Labute approximate surface area is 147 Å². The number of fused-ring (bicyclic) bond motifs is 1. The number of anilines is 1. The highest BCUT2D eigenvalue weighted by molar-refractivity contribution is 5.97. The van der Waals surface area contributed by atoms with Crippen molar-refractivity contribution in [1.82, 2.24) is 9.55 Å². The quantitative estimate of drug-likeness (QED) is 0.786. The number of amides is 1. The molecule has 4 heteroatoms. The molecular weight excluding hydrogens is 310 g/mol. The van der Waals surface area contributed by atoms with E-state index in [1.807, 2.05) is 60.7 Å². The summed E-state index contributed by atoms with van der Waals surface area (Å²) in [6.45, 7) is 0.923. The van der Waals surface area contributed by atoms with Gasteiger partial charge in [0.1, 0.15) is 11.6 Å². The number of carbonyl (C=O) groups excluding carboxylic acids is 1. The number of carbonyl (C=O) groups is 1. The monoisotopic (exact) mass is 331 g/mol. The van der Waals surface area contributed by atoms with Crippen LogP contribution in [0.1, 0.15) is 35.7 Å². The van der Waals surface area contributed by atoms with Gasteiger partial charge in [-0.05, 0) is 24.0 Å². The van der Waals surface area contributed by atoms with Crippen molar-refractivity contribution in [3.05, 3.63) is 83.8 Å². The van der Waals surface area contributed by atoms with Gasteiger partial charge in [0.15, 0.2) is 0 Å². The van der Waals surface area contributed by atoms with E-state index in [1.165, 1.54) is 6.42 Å². The molecule has 1 amide bonds. The number of imidazole rings is 1. The number of aryl methyl sites for hydroxylation is 1. The lowest BCUT2D eigenvalue weighted by molar-refractivity contribution is -0.116. The van der Waals surface area contributed by atoms with Crippen LogP contribution >= 0.6 is 0 Å². The standard InChI is InChI=1S/C21H21N3O/c25-21(23-19-15-22-18-13-7-8-14-24(18)19)20(16-9-3-1-4-10-16)17-11-5-2-6-12-17/h1-6,9-12,15,20H,7-8,13-14H2,(H,23,25). The zero-order valence-corrected chi connectivity index (χ0v) is 14.1. The lowest BCUT2D eigenvalue weighted by atomic mass is 9.90. The first-order valence-corrected chi connectivity index (χ1v) is 8.78. The summed E-state index contributed by atoms with van der Waals surface area (Å²) in [4.78, 5) is 17.6. The lowest BCUT2D eigenvalue weighted by Gasteiger charge is -2.20. The first-order valence-electron chi connectivity index (χ1n) is 8.78. The number of aromatic nitrogens is 2. The second-order valence-corrected chi connectivity index (χ2v) is 6.41. The highest BCUT2D eigenvalue weighted by Crippen LogP contribution is 2.27. The Balaban J connectivity index is 1.66. The van der Waals surface area contributed by atoms with Crippen LogP contribution < -0.4 is 5.32 Å². The molecule has 0 radical (unpaired) electrons. The van der Waals surface area contributed by atoms with Crippen LogP contribution in [0, 0.1) is 0 Å². The Kier molecular flexibility index (Phi) is 4.34. The van der Waals surface area contributed by atoms with Crippen molar-refractivity contribution in [2.24, 2.45) is 0 Å². The highest BCUT2D eigenvalue weighted by atomic mass is 16.2. The average molecular weight is 331 g/mol. The topological polar surface area (TPSA) is 46.9 Å². The molecule has 0 aliphatic carbocycles. The number of hydrogen-bond donors (Lipinski definition) is 1. The minimum Gasteiger partial charge on any atom is -0.315 e. The minimum atomic E-state index is -0.336. The van der Waals surface area contributed by atoms with Gasteiger partial charge in [-0.2, -0.15) is 0 Å². The second kappa shape index (κ2) is 6.93. The Hall–Kier alpha value is -2.88. The third-order valence-corrected chi connectivity index (χ3v) is 4.75. The molecule has 4 nitrogen and oxygen atoms in total. The van der Waals surface area contributed by atoms with Crippen molar-refractivity contribution in [3.63, 3.8) is 0 Å². The van der Waals surface area contributed by atoms with E-state index < -0.39 is 0 Å². The van der Waals surface area contributed by atoms with Crippen LogP contribution in [0.5, 0.6) is 0 Å². The second-order valence-electron chi connectivity index (χ2n) is 6.41. The van der Waals surface area contributed by atoms with Crippen LogP contribution in [0.25, 0.3) is 0 Å². The molecule has 1 N–H and O–H groups in total. The lowest BCUT2D eigenvalue weighted by Crippen LogP contribution is -2.24. The SMILES string of the molecule is O=C(Nc1cnc2n1CCCC2)C(c1ccccc1)c1ccccc1. The third kappa shape index (κ3) is 3.20. The van der Waals surface area contributed by atoms with E-state index in [9.17, 15) is 4.79 Å². The van der Waals surface area contributed by atoms with Gasteiger partial charge in [-0.3, -0.25) is 4.79 Å². The van der Waals surface area contributed by atoms with Crippen LogP contribution in [0.4, 0.5) is 5.82 Å². The summed E-state index contributed by atoms with van der Waals surface area (Å²) in [5, 5.41) is 3.11. The van der Waals surface area contributed by atoms with Crippen LogP contribution in [0.3, 0.4) is 0 Å². The van der Waals surface area contributed by atoms with Gasteiger partial charge in [0.25, 0.3) is 0 Å². The summed E-state index contributed by atoms with van der Waals surface area (Å²) in [6.07, 6.45) is 5.07. The van der Waals surface area contributed by atoms with Crippen LogP contribution in [-0.2, 0) is 17.8 Å². The average Bonchev–Trinajstić information content (AvgIpc) is 3.07. The summed E-state index contributed by atoms with van der Waals surface area (Å²) >= 11 is 0. The molecule has 0 atom stereocenters. The van der Waals surface area contributed by atoms with E-state index in [4.69, 9.17) is 0 Å². The number of rotatable bonds is 4. The van der Waals surface area contributed by atoms with E-state index in [2.05, 4.69) is 14.9 Å². The van der Waals surface area contributed by atoms with Crippen molar-refractivity contribution >= 4 is 11.7 Å². The van der Waals surface area contributed by atoms with Gasteiger partial charge in [-0.1, -0.05) is 60.7 Å². The van der Waals surface area contributed by atoms with Crippen LogP contribution in [0.15, 0.2) is 66.9 Å². The van der Waals surface area contributed by atoms with E-state index in [1.54, 1.807) is 6.20 Å². The number of hydrogen-bond acceptors (Lipinski definition) is 2. The molecule has 0 fully saturated rings. The Morgan fingerprint density at radius 1 is 0.960 bits per heavy atom. The molecule has 0 unspecified atom stereocenters. The fourth-order valence-corrected chi connectivity index (χ4v) is 3.50. The molecule has 3 aromatic rings. The molecule has 0 saturated carbocycles. The fourth-order valence-electron chi connectivity index (χ4n) is 3.50. The van der Waals surface area contributed by atoms with Crippen LogP contribution in [0.2, 0.25) is 0 Å². The molecule has 4 rings (SSSR count). The largest absolute Gasteiger partial charge is 0.315 e. The van der Waals surface area contributed by atoms with Gasteiger partial charge in [-0.25, -0.2) is 4.98 Å². The Bertz CT molecular complexity index is 816. The number of nitrogens with zero attached hydrogens (tertiary/aromatic N) is 2. The molecule has 1 aliphatic heterocycles. The van der Waals surface area contributed by atoms with Crippen LogP contribution in [-0.4, -0.2) is 15.5 Å². The number of benzene rings is 2. The molecular formula is C21H21N3O. The molecule has 2 heterocycles. The van der Waals surface area contributed by atoms with Gasteiger partial charge in [0.2, 0.25) is 5.91 Å². The summed E-state index contributed by atoms with van der Waals surface area (Å²) in [5.41, 5.74) is 1.98. The molecule has 2 aromatic carbocycles. The normalized spacial score (nSPS) is 13.5. The zero-order valence-electron chi connectivity index (χ0n) is 14.1. The molecule has 0 spiro atoms. The number of nitrogens with one attached hydrogen (secondary N) is 1. The Morgan fingerprint density at radius 2 is 1.60 bits per heavy atom. The van der Waals surface area contributed by atoms with Gasteiger partial charge >= 0.3 is 0 Å². The fraction of sp³-hybridized carbons (Fsp3) is 0.238. The predicted molar refractivity (Wildman–Crippen MR) is 98.5 cm³/mol. The molecule has 126 valence electrons. The molecule has 1 aromatic heterocycles. The summed E-state index contributed by atoms with van der Waals surface area (Å²) < 4.78 is 2.13. The molecule has 25 heavy (non-hydrogen) atoms. The predicted octanol–water partition coefficient (Wildman–Crippen LogP) is 3.99. The summed E-state index contributed by atoms with van der Waals surface area (Å²) in [7, 11) is 0. The van der Waals surface area contributed by atoms with Gasteiger partial charge in [0.05, 0.1) is 12.1 Å². The molecule has 1 aliphatic rings. The first kappa shape index (κ1) is 15.6. The Morgan fingerprint density at radius 3 is 2.24 bits per heavy atom. The highest BCUT2D eigenvalue weighted by Gasteiger charge is 2.24. The van der Waals surface area contributed by atoms with E-state index in [0.29, 0.717) is 0 Å². The van der Waals surface area contributed by atoms with E-state index in [0.717, 1.165) is 42.2 Å². The molecule has 0 saturated heterocycles.